The molecule has 5 aromatic rings. The summed E-state index contributed by atoms with van der Waals surface area (Å²) in [5.41, 5.74) is 19.7. The molecule has 0 saturated heterocycles. The van der Waals surface area contributed by atoms with E-state index in [1.165, 1.54) is 0 Å². The molecular weight excluding hydrogens is 741 g/mol. The van der Waals surface area contributed by atoms with Crippen molar-refractivity contribution in [2.75, 3.05) is 6.54 Å². The normalized spacial score (nSPS) is 12.6. The minimum absolute atomic E-state index is 0.0488. The highest BCUT2D eigenvalue weighted by Crippen LogP contribution is 2.27. The largest absolute Gasteiger partial charge is 0.490 e. The van der Waals surface area contributed by atoms with Gasteiger partial charge in [-0.1, -0.05) is 109 Å². The zero-order chi connectivity index (χ0) is 41.7. The van der Waals surface area contributed by atoms with Gasteiger partial charge in [0.2, 0.25) is 17.7 Å². The van der Waals surface area contributed by atoms with Gasteiger partial charge in [0.15, 0.2) is 5.96 Å². The standard InChI is InChI=1S/C39H42N8O3.C2HF3O2/c40-35(41)28-15-11-24(12-16-28)21-32(31-18-17-27-7-2-4-9-30(27)23-31)37(49)47-34(22-25-13-14-26-6-1-3-8-29(26)20-25)38(50)46-33(36(42)48)10-5-19-45-39(43)44;3-2(4,5)1(6)7/h1-4,6-9,11-18,20,23,32-34H,5,10,19,21-22H2,(H3,40,41)(H2,42,48)(H,46,50)(H,47,49)(H4,43,44,45);(H,6,7)/t32-,33?,34-;/m0./s1. The molecule has 1 unspecified atom stereocenters. The van der Waals surface area contributed by atoms with Crippen molar-refractivity contribution < 1.29 is 37.5 Å². The Balaban J connectivity index is 0.000000940. The van der Waals surface area contributed by atoms with Crippen molar-refractivity contribution >= 4 is 57.0 Å². The summed E-state index contributed by atoms with van der Waals surface area (Å²) in [7, 11) is 0. The molecule has 3 atom stereocenters. The SMILES string of the molecule is N=C(N)NCCCC(NC(=O)[C@H](Cc1ccc2ccccc2c1)NC(=O)[C@@H](Cc1ccc(C(=N)N)cc1)c1ccc2ccccc2c1)C(N)=O.O=C(O)C(F)(F)F. The van der Waals surface area contributed by atoms with E-state index in [1.807, 2.05) is 97.1 Å². The summed E-state index contributed by atoms with van der Waals surface area (Å²) in [4.78, 5) is 49.6. The van der Waals surface area contributed by atoms with Crippen molar-refractivity contribution in [1.29, 1.82) is 10.8 Å². The van der Waals surface area contributed by atoms with Gasteiger partial charge in [-0.2, -0.15) is 13.2 Å². The third-order valence-electron chi connectivity index (χ3n) is 8.97. The van der Waals surface area contributed by atoms with E-state index in [1.54, 1.807) is 12.1 Å². The molecule has 5 aromatic carbocycles. The molecule has 57 heavy (non-hydrogen) atoms. The number of halogens is 3. The van der Waals surface area contributed by atoms with Crippen LogP contribution in [0, 0.1) is 10.8 Å². The predicted molar refractivity (Wildman–Crippen MR) is 211 cm³/mol. The third-order valence-corrected chi connectivity index (χ3v) is 8.97. The molecule has 0 heterocycles. The molecule has 0 aromatic heterocycles. The summed E-state index contributed by atoms with van der Waals surface area (Å²) in [5.74, 6) is -5.30. The monoisotopic (exact) mass is 784 g/mol. The number of amides is 3. The Bertz CT molecular complexity index is 2250. The van der Waals surface area contributed by atoms with Gasteiger partial charge in [-0.05, 0) is 57.5 Å². The molecule has 3 amide bonds. The number of hydrogen-bond donors (Lipinski definition) is 9. The number of guanidine groups is 1. The van der Waals surface area contributed by atoms with Gasteiger partial charge in [0.05, 0.1) is 5.92 Å². The number of hydrogen-bond acceptors (Lipinski definition) is 6. The minimum atomic E-state index is -5.08. The first-order chi connectivity index (χ1) is 27.0. The second-order valence-corrected chi connectivity index (χ2v) is 13.2. The van der Waals surface area contributed by atoms with Crippen molar-refractivity contribution in [3.8, 4) is 0 Å². The Labute approximate surface area is 325 Å². The molecule has 0 fully saturated rings. The average molecular weight is 785 g/mol. The number of rotatable bonds is 15. The highest BCUT2D eigenvalue weighted by molar-refractivity contribution is 5.96. The van der Waals surface area contributed by atoms with Gasteiger partial charge in [0, 0.05) is 18.5 Å². The van der Waals surface area contributed by atoms with Crippen molar-refractivity contribution in [2.24, 2.45) is 17.2 Å². The predicted octanol–water partition coefficient (Wildman–Crippen LogP) is 4.20. The van der Waals surface area contributed by atoms with E-state index in [9.17, 15) is 27.6 Å². The number of alkyl halides is 3. The summed E-state index contributed by atoms with van der Waals surface area (Å²) in [6.45, 7) is 0.326. The molecule has 0 bridgehead atoms. The summed E-state index contributed by atoms with van der Waals surface area (Å²) < 4.78 is 31.7. The van der Waals surface area contributed by atoms with E-state index in [0.29, 0.717) is 24.9 Å². The number of fused-ring (bicyclic) bond motifs is 2. The fourth-order valence-electron chi connectivity index (χ4n) is 6.01. The van der Waals surface area contributed by atoms with Crippen LogP contribution in [0.5, 0.6) is 0 Å². The Kier molecular flexibility index (Phi) is 14.7. The second kappa shape index (κ2) is 19.6. The first-order valence-corrected chi connectivity index (χ1v) is 17.7. The van der Waals surface area contributed by atoms with E-state index in [-0.39, 0.29) is 30.5 Å². The van der Waals surface area contributed by atoms with E-state index in [4.69, 9.17) is 37.9 Å². The van der Waals surface area contributed by atoms with Crippen LogP contribution < -0.4 is 33.2 Å². The minimum Gasteiger partial charge on any atom is -0.475 e. The molecule has 13 nitrogen and oxygen atoms in total. The number of carboxylic acid groups (broad SMARTS) is 1. The number of nitrogens with one attached hydrogen (secondary N) is 5. The number of amidine groups is 1. The maximum atomic E-state index is 14.4. The molecule has 16 heteroatoms. The van der Waals surface area contributed by atoms with Gasteiger partial charge in [0.1, 0.15) is 17.9 Å². The molecule has 298 valence electrons. The molecule has 0 aliphatic rings. The number of carboxylic acids is 1. The summed E-state index contributed by atoms with van der Waals surface area (Å²) in [6.07, 6.45) is -3.97. The number of nitrogen functional groups attached to an aromatic ring is 1. The van der Waals surface area contributed by atoms with Gasteiger partial charge < -0.3 is 38.3 Å². The molecule has 0 aliphatic carbocycles. The second-order valence-electron chi connectivity index (χ2n) is 13.2. The molecular formula is C41H43F3N8O5. The molecule has 0 aliphatic heterocycles. The summed E-state index contributed by atoms with van der Waals surface area (Å²) >= 11 is 0. The number of nitrogens with two attached hydrogens (primary N) is 3. The number of carbonyl (C=O) groups excluding carboxylic acids is 3. The third kappa shape index (κ3) is 12.8. The zero-order valence-electron chi connectivity index (χ0n) is 30.6. The lowest BCUT2D eigenvalue weighted by Gasteiger charge is -2.25. The van der Waals surface area contributed by atoms with Crippen molar-refractivity contribution in [3.05, 3.63) is 131 Å². The first-order valence-electron chi connectivity index (χ1n) is 17.7. The number of carbonyl (C=O) groups is 4. The van der Waals surface area contributed by atoms with Crippen LogP contribution in [0.3, 0.4) is 0 Å². The van der Waals surface area contributed by atoms with E-state index >= 15 is 0 Å². The van der Waals surface area contributed by atoms with Crippen LogP contribution in [0.4, 0.5) is 13.2 Å². The van der Waals surface area contributed by atoms with Crippen LogP contribution in [-0.2, 0) is 32.0 Å². The topological polar surface area (TPSA) is 250 Å². The van der Waals surface area contributed by atoms with Gasteiger partial charge >= 0.3 is 12.1 Å². The van der Waals surface area contributed by atoms with Crippen molar-refractivity contribution in [2.45, 2.75) is 49.9 Å². The van der Waals surface area contributed by atoms with Crippen LogP contribution in [0.1, 0.15) is 41.0 Å². The zero-order valence-corrected chi connectivity index (χ0v) is 30.6. The Morgan fingerprint density at radius 3 is 1.74 bits per heavy atom. The van der Waals surface area contributed by atoms with Crippen LogP contribution in [0.15, 0.2) is 109 Å². The molecule has 0 radical (unpaired) electrons. The van der Waals surface area contributed by atoms with Gasteiger partial charge in [-0.25, -0.2) is 4.79 Å². The highest BCUT2D eigenvalue weighted by atomic mass is 19.4. The van der Waals surface area contributed by atoms with Crippen molar-refractivity contribution in [1.82, 2.24) is 16.0 Å². The van der Waals surface area contributed by atoms with Gasteiger partial charge in [0.25, 0.3) is 0 Å². The average Bonchev–Trinajstić information content (AvgIpc) is 3.17. The number of benzene rings is 5. The van der Waals surface area contributed by atoms with Crippen LogP contribution in [-0.4, -0.2) is 65.4 Å². The number of primary amides is 1. The van der Waals surface area contributed by atoms with Crippen LogP contribution >= 0.6 is 0 Å². The summed E-state index contributed by atoms with van der Waals surface area (Å²) in [6, 6.07) is 32.7. The fourth-order valence-corrected chi connectivity index (χ4v) is 6.01. The molecule has 5 rings (SSSR count). The molecule has 12 N–H and O–H groups in total. The lowest BCUT2D eigenvalue weighted by atomic mass is 9.89. The maximum Gasteiger partial charge on any atom is 0.490 e. The van der Waals surface area contributed by atoms with Gasteiger partial charge in [-0.15, -0.1) is 0 Å². The van der Waals surface area contributed by atoms with Crippen LogP contribution in [0.2, 0.25) is 0 Å². The Hall–Kier alpha value is -6.97. The van der Waals surface area contributed by atoms with Gasteiger partial charge in [-0.3, -0.25) is 25.2 Å². The number of aliphatic carboxylic acids is 1. The van der Waals surface area contributed by atoms with E-state index < -0.39 is 42.0 Å². The van der Waals surface area contributed by atoms with E-state index in [0.717, 1.165) is 38.2 Å². The fraction of sp³-hybridized carbons (Fsp3) is 0.220. The lowest BCUT2D eigenvalue weighted by molar-refractivity contribution is -0.192. The quantitative estimate of drug-likeness (QED) is 0.0422. The lowest BCUT2D eigenvalue weighted by Crippen LogP contribution is -2.54. The Morgan fingerprint density at radius 2 is 1.19 bits per heavy atom. The smallest absolute Gasteiger partial charge is 0.475 e. The molecule has 0 spiro atoms. The molecule has 0 saturated carbocycles. The highest BCUT2D eigenvalue weighted by Gasteiger charge is 2.38. The van der Waals surface area contributed by atoms with Crippen LogP contribution in [0.25, 0.3) is 21.5 Å². The maximum absolute atomic E-state index is 14.4. The summed E-state index contributed by atoms with van der Waals surface area (Å²) in [5, 5.41) is 34.7. The van der Waals surface area contributed by atoms with Crippen molar-refractivity contribution in [3.63, 3.8) is 0 Å². The Morgan fingerprint density at radius 1 is 0.667 bits per heavy atom. The van der Waals surface area contributed by atoms with E-state index in [2.05, 4.69) is 16.0 Å². The first kappa shape index (κ1) is 42.8.